The molecule has 0 saturated carbocycles. The van der Waals surface area contributed by atoms with Crippen LogP contribution in [-0.4, -0.2) is 29.2 Å². The Bertz CT molecular complexity index is 1040. The lowest BCUT2D eigenvalue weighted by Gasteiger charge is -2.14. The molecule has 0 unspecified atom stereocenters. The van der Waals surface area contributed by atoms with Crippen molar-refractivity contribution in [2.24, 2.45) is 0 Å². The second-order valence-electron chi connectivity index (χ2n) is 6.14. The van der Waals surface area contributed by atoms with Crippen molar-refractivity contribution in [2.75, 3.05) is 13.2 Å². The summed E-state index contributed by atoms with van der Waals surface area (Å²) in [7, 11) is 0. The largest absolute Gasteiger partial charge is 0.490 e. The van der Waals surface area contributed by atoms with Gasteiger partial charge in [0, 0.05) is 8.95 Å². The van der Waals surface area contributed by atoms with Crippen LogP contribution in [0.5, 0.6) is 11.5 Å². The fourth-order valence-electron chi connectivity index (χ4n) is 2.65. The van der Waals surface area contributed by atoms with Gasteiger partial charge in [0.15, 0.2) is 11.5 Å². The second kappa shape index (κ2) is 10.2. The highest BCUT2D eigenvalue weighted by atomic mass is 79.9. The Morgan fingerprint density at radius 1 is 1.13 bits per heavy atom. The average molecular weight is 551 g/mol. The Labute approximate surface area is 196 Å². The molecule has 3 rings (SSSR count). The van der Waals surface area contributed by atoms with Crippen LogP contribution in [0.4, 0.5) is 4.79 Å². The molecule has 8 heteroatoms. The number of nitrogens with zero attached hydrogens (tertiary/aromatic N) is 1. The lowest BCUT2D eigenvalue weighted by Crippen LogP contribution is -2.28. The fourth-order valence-corrected chi connectivity index (χ4v) is 4.18. The van der Waals surface area contributed by atoms with Gasteiger partial charge < -0.3 is 9.47 Å². The second-order valence-corrected chi connectivity index (χ2v) is 8.90. The van der Waals surface area contributed by atoms with Crippen LogP contribution in [0.2, 0.25) is 0 Å². The summed E-state index contributed by atoms with van der Waals surface area (Å²) in [5.74, 6) is 3.05. The first-order valence-electron chi connectivity index (χ1n) is 8.95. The number of imide groups is 1. The SMILES string of the molecule is C#CCN1C(=O)S/C(=C/c2cc(OCC)c(OCc3ccc(Br)cc3)cc2Br)C1=O. The molecule has 0 bridgehead atoms. The van der Waals surface area contributed by atoms with Gasteiger partial charge in [-0.1, -0.05) is 49.9 Å². The summed E-state index contributed by atoms with van der Waals surface area (Å²) in [6.45, 7) is 2.67. The monoisotopic (exact) mass is 549 g/mol. The van der Waals surface area contributed by atoms with Crippen LogP contribution in [0.25, 0.3) is 6.08 Å². The Hall–Kier alpha value is -2.21. The number of hydrogen-bond donors (Lipinski definition) is 0. The molecule has 1 fully saturated rings. The van der Waals surface area contributed by atoms with Gasteiger partial charge in [-0.3, -0.25) is 14.5 Å². The minimum Gasteiger partial charge on any atom is -0.490 e. The van der Waals surface area contributed by atoms with E-state index in [0.29, 0.717) is 39.7 Å². The summed E-state index contributed by atoms with van der Waals surface area (Å²) in [5.41, 5.74) is 1.71. The Kier molecular flexibility index (Phi) is 7.64. The molecule has 2 amide bonds. The van der Waals surface area contributed by atoms with E-state index in [9.17, 15) is 9.59 Å². The Balaban J connectivity index is 1.86. The van der Waals surface area contributed by atoms with Gasteiger partial charge in [-0.25, -0.2) is 0 Å². The molecule has 0 atom stereocenters. The number of halogens is 2. The van der Waals surface area contributed by atoms with Crippen molar-refractivity contribution in [1.29, 1.82) is 0 Å². The number of ether oxygens (including phenoxy) is 2. The van der Waals surface area contributed by atoms with Crippen LogP contribution in [0, 0.1) is 12.3 Å². The first kappa shape index (κ1) is 22.5. The molecule has 0 radical (unpaired) electrons. The van der Waals surface area contributed by atoms with E-state index in [4.69, 9.17) is 15.9 Å². The Morgan fingerprint density at radius 2 is 1.83 bits per heavy atom. The molecule has 30 heavy (non-hydrogen) atoms. The summed E-state index contributed by atoms with van der Waals surface area (Å²) in [4.78, 5) is 25.8. The number of hydrogen-bond acceptors (Lipinski definition) is 5. The molecule has 0 aromatic heterocycles. The van der Waals surface area contributed by atoms with E-state index >= 15 is 0 Å². The standard InChI is InChI=1S/C22H17Br2NO4S/c1-3-9-25-21(26)20(30-22(25)27)11-15-10-18(28-4-2)19(12-17(15)24)29-13-14-5-7-16(23)8-6-14/h1,5-8,10-12H,4,9,13H2,2H3/b20-11+. The van der Waals surface area contributed by atoms with Crippen LogP contribution in [0.3, 0.4) is 0 Å². The zero-order chi connectivity index (χ0) is 21.7. The van der Waals surface area contributed by atoms with Crippen LogP contribution in [-0.2, 0) is 11.4 Å². The van der Waals surface area contributed by atoms with Crippen molar-refractivity contribution in [3.05, 3.63) is 61.4 Å². The number of rotatable bonds is 7. The highest BCUT2D eigenvalue weighted by Crippen LogP contribution is 2.38. The zero-order valence-corrected chi connectivity index (χ0v) is 20.0. The molecule has 154 valence electrons. The van der Waals surface area contributed by atoms with E-state index in [-0.39, 0.29) is 11.8 Å². The summed E-state index contributed by atoms with van der Waals surface area (Å²) in [5, 5.41) is -0.375. The summed E-state index contributed by atoms with van der Waals surface area (Å²) < 4.78 is 13.4. The molecule has 1 heterocycles. The lowest BCUT2D eigenvalue weighted by molar-refractivity contribution is -0.122. The van der Waals surface area contributed by atoms with Crippen LogP contribution >= 0.6 is 43.6 Å². The quantitative estimate of drug-likeness (QED) is 0.319. The maximum atomic E-state index is 12.4. The number of terminal acetylenes is 1. The van der Waals surface area contributed by atoms with Crippen molar-refractivity contribution in [1.82, 2.24) is 4.90 Å². The highest BCUT2D eigenvalue weighted by molar-refractivity contribution is 9.10. The third-order valence-corrected chi connectivity index (χ3v) is 6.20. The van der Waals surface area contributed by atoms with E-state index in [0.717, 1.165) is 26.7 Å². The number of amides is 2. The molecular weight excluding hydrogens is 534 g/mol. The number of carbonyl (C=O) groups excluding carboxylic acids is 2. The highest BCUT2D eigenvalue weighted by Gasteiger charge is 2.34. The van der Waals surface area contributed by atoms with E-state index < -0.39 is 5.91 Å². The van der Waals surface area contributed by atoms with Gasteiger partial charge in [0.05, 0.1) is 18.1 Å². The Morgan fingerprint density at radius 3 is 2.50 bits per heavy atom. The molecule has 2 aromatic carbocycles. The van der Waals surface area contributed by atoms with Crippen LogP contribution in [0.15, 0.2) is 50.2 Å². The number of thioether (sulfide) groups is 1. The number of benzene rings is 2. The van der Waals surface area contributed by atoms with E-state index in [1.165, 1.54) is 0 Å². The molecule has 1 aliphatic heterocycles. The first-order valence-corrected chi connectivity index (χ1v) is 11.4. The zero-order valence-electron chi connectivity index (χ0n) is 16.0. The summed E-state index contributed by atoms with van der Waals surface area (Å²) in [6, 6.07) is 11.4. The molecule has 0 N–H and O–H groups in total. The molecule has 0 spiro atoms. The summed E-state index contributed by atoms with van der Waals surface area (Å²) >= 11 is 7.80. The van der Waals surface area contributed by atoms with Crippen LogP contribution in [0.1, 0.15) is 18.1 Å². The normalized spacial score (nSPS) is 14.9. The molecule has 5 nitrogen and oxygen atoms in total. The lowest BCUT2D eigenvalue weighted by atomic mass is 10.1. The third-order valence-electron chi connectivity index (χ3n) is 4.08. The summed E-state index contributed by atoms with van der Waals surface area (Å²) in [6.07, 6.45) is 6.88. The van der Waals surface area contributed by atoms with E-state index in [1.54, 1.807) is 18.2 Å². The smallest absolute Gasteiger partial charge is 0.294 e. The van der Waals surface area contributed by atoms with Gasteiger partial charge in [-0.15, -0.1) is 6.42 Å². The third kappa shape index (κ3) is 5.28. The predicted octanol–water partition coefficient (Wildman–Crippen LogP) is 5.86. The van der Waals surface area contributed by atoms with Gasteiger partial charge in [-0.2, -0.15) is 0 Å². The van der Waals surface area contributed by atoms with Gasteiger partial charge >= 0.3 is 0 Å². The minimum atomic E-state index is -0.400. The molecular formula is C22H17Br2NO4S. The van der Waals surface area contributed by atoms with Gasteiger partial charge in [0.25, 0.3) is 11.1 Å². The van der Waals surface area contributed by atoms with E-state index in [2.05, 4.69) is 37.8 Å². The predicted molar refractivity (Wildman–Crippen MR) is 125 cm³/mol. The first-order chi connectivity index (χ1) is 14.4. The van der Waals surface area contributed by atoms with Crippen molar-refractivity contribution in [2.45, 2.75) is 13.5 Å². The van der Waals surface area contributed by atoms with Crippen molar-refractivity contribution >= 4 is 60.8 Å². The van der Waals surface area contributed by atoms with E-state index in [1.807, 2.05) is 31.2 Å². The van der Waals surface area contributed by atoms with Gasteiger partial charge in [0.2, 0.25) is 0 Å². The van der Waals surface area contributed by atoms with Crippen molar-refractivity contribution in [3.63, 3.8) is 0 Å². The molecule has 0 aliphatic carbocycles. The minimum absolute atomic E-state index is 0.0454. The fraction of sp³-hybridized carbons (Fsp3) is 0.182. The molecule has 2 aromatic rings. The van der Waals surface area contributed by atoms with Crippen LogP contribution < -0.4 is 9.47 Å². The average Bonchev–Trinajstić information content (AvgIpc) is 2.98. The molecule has 1 saturated heterocycles. The van der Waals surface area contributed by atoms with Crippen molar-refractivity contribution in [3.8, 4) is 23.8 Å². The number of carbonyl (C=O) groups is 2. The molecule has 1 aliphatic rings. The van der Waals surface area contributed by atoms with Crippen molar-refractivity contribution < 1.29 is 19.1 Å². The maximum absolute atomic E-state index is 12.4. The maximum Gasteiger partial charge on any atom is 0.294 e. The van der Waals surface area contributed by atoms with Gasteiger partial charge in [0.1, 0.15) is 6.61 Å². The van der Waals surface area contributed by atoms with Gasteiger partial charge in [-0.05, 0) is 60.2 Å². The topological polar surface area (TPSA) is 55.8 Å².